The molecule has 0 radical (unpaired) electrons. The normalized spacial score (nSPS) is 20.3. The maximum Gasteiger partial charge on any atom is -0.0352 e. The molecule has 0 spiro atoms. The van der Waals surface area contributed by atoms with Crippen LogP contribution >= 0.6 is 0 Å². The Morgan fingerprint density at radius 1 is 0.522 bits per heavy atom. The zero-order valence-electron chi connectivity index (χ0n) is 18.2. The summed E-state index contributed by atoms with van der Waals surface area (Å²) in [5, 5.41) is 0. The Kier molecular flexibility index (Phi) is 11.5. The summed E-state index contributed by atoms with van der Waals surface area (Å²) in [6.45, 7) is 24.5. The predicted molar refractivity (Wildman–Crippen MR) is 108 cm³/mol. The minimum Gasteiger partial charge on any atom is -0.0651 e. The minimum absolute atomic E-state index is 0.797. The van der Waals surface area contributed by atoms with Crippen LogP contribution in [0.4, 0.5) is 0 Å². The van der Waals surface area contributed by atoms with Crippen LogP contribution in [0.3, 0.4) is 0 Å². The standard InChI is InChI=1S/C23H48/c1-11-17(7)15-23(19(9)18(8)16(5)6)22(14-4)20(10)21(12-2)13-3/h16-23H,11-15H2,1-10H3. The molecule has 0 nitrogen and oxygen atoms in total. The predicted octanol–water partition coefficient (Wildman–Crippen LogP) is 8.07. The summed E-state index contributed by atoms with van der Waals surface area (Å²) in [6.07, 6.45) is 6.80. The van der Waals surface area contributed by atoms with E-state index < -0.39 is 0 Å². The first-order valence-electron chi connectivity index (χ1n) is 10.7. The van der Waals surface area contributed by atoms with Crippen molar-refractivity contribution in [2.24, 2.45) is 47.3 Å². The maximum atomic E-state index is 2.56. The van der Waals surface area contributed by atoms with Crippen LogP contribution in [0.25, 0.3) is 0 Å². The quantitative estimate of drug-likeness (QED) is 0.340. The fourth-order valence-electron chi connectivity index (χ4n) is 4.85. The van der Waals surface area contributed by atoms with Gasteiger partial charge in [0.05, 0.1) is 0 Å². The Hall–Kier alpha value is 0. The van der Waals surface area contributed by atoms with Crippen molar-refractivity contribution in [3.05, 3.63) is 0 Å². The second-order valence-electron chi connectivity index (χ2n) is 8.88. The van der Waals surface area contributed by atoms with E-state index in [-0.39, 0.29) is 0 Å². The summed E-state index contributed by atoms with van der Waals surface area (Å²) >= 11 is 0. The van der Waals surface area contributed by atoms with Gasteiger partial charge < -0.3 is 0 Å². The Labute approximate surface area is 149 Å². The monoisotopic (exact) mass is 324 g/mol. The first-order chi connectivity index (χ1) is 10.7. The van der Waals surface area contributed by atoms with E-state index in [0.717, 1.165) is 47.3 Å². The molecule has 0 N–H and O–H groups in total. The highest BCUT2D eigenvalue weighted by molar-refractivity contribution is 4.84. The Bertz CT molecular complexity index is 276. The molecule has 23 heavy (non-hydrogen) atoms. The van der Waals surface area contributed by atoms with Gasteiger partial charge in [0.2, 0.25) is 0 Å². The lowest BCUT2D eigenvalue weighted by molar-refractivity contribution is 0.0705. The van der Waals surface area contributed by atoms with Gasteiger partial charge in [0.25, 0.3) is 0 Å². The van der Waals surface area contributed by atoms with Crippen LogP contribution < -0.4 is 0 Å². The summed E-state index contributed by atoms with van der Waals surface area (Å²) in [6, 6.07) is 0. The molecule has 0 heterocycles. The second-order valence-corrected chi connectivity index (χ2v) is 8.88. The average molecular weight is 325 g/mol. The van der Waals surface area contributed by atoms with Crippen LogP contribution in [0, 0.1) is 47.3 Å². The zero-order chi connectivity index (χ0) is 18.2. The van der Waals surface area contributed by atoms with Gasteiger partial charge in [0.1, 0.15) is 0 Å². The molecule has 0 aliphatic carbocycles. The molecule has 0 amide bonds. The van der Waals surface area contributed by atoms with Gasteiger partial charge in [-0.25, -0.2) is 0 Å². The van der Waals surface area contributed by atoms with Gasteiger partial charge in [-0.2, -0.15) is 0 Å². The average Bonchev–Trinajstić information content (AvgIpc) is 2.53. The molecule has 6 atom stereocenters. The van der Waals surface area contributed by atoms with Gasteiger partial charge in [-0.1, -0.05) is 94.9 Å². The van der Waals surface area contributed by atoms with E-state index in [1.807, 2.05) is 0 Å². The highest BCUT2D eigenvalue weighted by Crippen LogP contribution is 2.43. The molecule has 0 saturated heterocycles. The molecule has 0 aromatic rings. The molecule has 0 bridgehead atoms. The van der Waals surface area contributed by atoms with E-state index in [1.165, 1.54) is 32.1 Å². The smallest absolute Gasteiger partial charge is 0.0352 e. The van der Waals surface area contributed by atoms with Crippen molar-refractivity contribution in [1.29, 1.82) is 0 Å². The molecule has 140 valence electrons. The summed E-state index contributed by atoms with van der Waals surface area (Å²) in [7, 11) is 0. The van der Waals surface area contributed by atoms with Crippen molar-refractivity contribution in [2.75, 3.05) is 0 Å². The third-order valence-electron chi connectivity index (χ3n) is 7.42. The van der Waals surface area contributed by atoms with Gasteiger partial charge >= 0.3 is 0 Å². The number of hydrogen-bond acceptors (Lipinski definition) is 0. The van der Waals surface area contributed by atoms with Crippen LogP contribution in [-0.2, 0) is 0 Å². The van der Waals surface area contributed by atoms with Crippen molar-refractivity contribution in [3.8, 4) is 0 Å². The largest absolute Gasteiger partial charge is 0.0651 e. The third kappa shape index (κ3) is 6.79. The first kappa shape index (κ1) is 23.0. The first-order valence-corrected chi connectivity index (χ1v) is 10.7. The molecular formula is C23H48. The van der Waals surface area contributed by atoms with E-state index >= 15 is 0 Å². The van der Waals surface area contributed by atoms with Crippen molar-refractivity contribution in [3.63, 3.8) is 0 Å². The fraction of sp³-hybridized carbons (Fsp3) is 1.00. The topological polar surface area (TPSA) is 0 Å². The minimum atomic E-state index is 0.797. The van der Waals surface area contributed by atoms with Crippen LogP contribution in [0.1, 0.15) is 101 Å². The number of rotatable bonds is 12. The molecule has 6 unspecified atom stereocenters. The Balaban J connectivity index is 5.42. The van der Waals surface area contributed by atoms with Crippen molar-refractivity contribution in [1.82, 2.24) is 0 Å². The molecule has 0 aliphatic heterocycles. The van der Waals surface area contributed by atoms with Gasteiger partial charge in [-0.05, 0) is 53.8 Å². The van der Waals surface area contributed by atoms with Crippen LogP contribution in [0.5, 0.6) is 0 Å². The van der Waals surface area contributed by atoms with E-state index in [0.29, 0.717) is 0 Å². The maximum absolute atomic E-state index is 2.56. The van der Waals surface area contributed by atoms with Crippen LogP contribution in [0.2, 0.25) is 0 Å². The van der Waals surface area contributed by atoms with E-state index in [4.69, 9.17) is 0 Å². The highest BCUT2D eigenvalue weighted by atomic mass is 14.4. The van der Waals surface area contributed by atoms with Crippen molar-refractivity contribution in [2.45, 2.75) is 101 Å². The summed E-state index contributed by atoms with van der Waals surface area (Å²) < 4.78 is 0. The molecule has 0 aliphatic rings. The lowest BCUT2D eigenvalue weighted by Crippen LogP contribution is -2.35. The molecule has 0 aromatic carbocycles. The van der Waals surface area contributed by atoms with Crippen molar-refractivity contribution < 1.29 is 0 Å². The molecule has 0 aromatic heterocycles. The third-order valence-corrected chi connectivity index (χ3v) is 7.42. The van der Waals surface area contributed by atoms with Gasteiger partial charge in [-0.15, -0.1) is 0 Å². The Morgan fingerprint density at radius 3 is 1.39 bits per heavy atom. The summed E-state index contributed by atoms with van der Waals surface area (Å²) in [5.41, 5.74) is 0. The molecule has 0 rings (SSSR count). The second kappa shape index (κ2) is 11.5. The van der Waals surface area contributed by atoms with E-state index in [9.17, 15) is 0 Å². The molecule has 0 saturated carbocycles. The van der Waals surface area contributed by atoms with Gasteiger partial charge in [-0.3, -0.25) is 0 Å². The summed E-state index contributed by atoms with van der Waals surface area (Å²) in [4.78, 5) is 0. The zero-order valence-corrected chi connectivity index (χ0v) is 18.2. The van der Waals surface area contributed by atoms with Crippen LogP contribution in [0.15, 0.2) is 0 Å². The molecule has 0 heteroatoms. The SMILES string of the molecule is CCC(C)CC(C(C)C(C)C(C)C)C(CC)C(C)C(CC)CC. The van der Waals surface area contributed by atoms with Crippen molar-refractivity contribution >= 4 is 0 Å². The van der Waals surface area contributed by atoms with E-state index in [1.54, 1.807) is 0 Å². The van der Waals surface area contributed by atoms with Gasteiger partial charge in [0, 0.05) is 0 Å². The molecular weight excluding hydrogens is 276 g/mol. The fourth-order valence-corrected chi connectivity index (χ4v) is 4.85. The van der Waals surface area contributed by atoms with Gasteiger partial charge in [0.15, 0.2) is 0 Å². The lowest BCUT2D eigenvalue weighted by atomic mass is 9.63. The Morgan fingerprint density at radius 2 is 1.04 bits per heavy atom. The van der Waals surface area contributed by atoms with Crippen LogP contribution in [-0.4, -0.2) is 0 Å². The lowest BCUT2D eigenvalue weighted by Gasteiger charge is -2.42. The summed E-state index contributed by atoms with van der Waals surface area (Å²) in [5.74, 6) is 6.88. The highest BCUT2D eigenvalue weighted by Gasteiger charge is 2.35. The number of hydrogen-bond donors (Lipinski definition) is 0. The van der Waals surface area contributed by atoms with E-state index in [2.05, 4.69) is 69.2 Å². The molecule has 0 fully saturated rings.